The van der Waals surface area contributed by atoms with Gasteiger partial charge in [-0.05, 0) is 35.2 Å². The van der Waals surface area contributed by atoms with E-state index in [1.54, 1.807) is 0 Å². The number of benzene rings is 2. The summed E-state index contributed by atoms with van der Waals surface area (Å²) in [4.78, 5) is 11.0. The van der Waals surface area contributed by atoms with Gasteiger partial charge in [0.2, 0.25) is 0 Å². The second-order valence-corrected chi connectivity index (χ2v) is 5.57. The van der Waals surface area contributed by atoms with E-state index in [-0.39, 0.29) is 0 Å². The molecule has 0 amide bonds. The van der Waals surface area contributed by atoms with Crippen molar-refractivity contribution in [1.82, 2.24) is 0 Å². The van der Waals surface area contributed by atoms with Crippen LogP contribution in [0.4, 0.5) is 0 Å². The third-order valence-electron chi connectivity index (χ3n) is 3.41. The van der Waals surface area contributed by atoms with Crippen LogP contribution in [0.15, 0.2) is 48.5 Å². The zero-order valence-corrected chi connectivity index (χ0v) is 13.2. The maximum atomic E-state index is 11.0. The zero-order valence-electron chi connectivity index (χ0n) is 12.5. The minimum atomic E-state index is -0.903. The highest BCUT2D eigenvalue weighted by Gasteiger charge is 2.16. The Kier molecular flexibility index (Phi) is 5.99. The molecule has 116 valence electrons. The summed E-state index contributed by atoms with van der Waals surface area (Å²) in [6.07, 6.45) is 0.575. The summed E-state index contributed by atoms with van der Waals surface area (Å²) in [5.41, 5.74) is 3.13. The van der Waals surface area contributed by atoms with Crippen LogP contribution >= 0.6 is 11.6 Å². The fraction of sp³-hybridized carbons (Fsp3) is 0.278. The number of hydrogen-bond acceptors (Lipinski definition) is 2. The van der Waals surface area contributed by atoms with Gasteiger partial charge >= 0.3 is 5.97 Å². The predicted molar refractivity (Wildman–Crippen MR) is 88.0 cm³/mol. The standard InChI is InChI=1S/C18H19ClO3/c1-2-3-17(18(20)21)22-12-13-4-6-14(7-5-13)15-8-10-16(19)11-9-15/h4-11,17H,2-3,12H2,1H3,(H,20,21)/t17-/m0/s1. The van der Waals surface area contributed by atoms with E-state index in [4.69, 9.17) is 21.4 Å². The molecule has 0 unspecified atom stereocenters. The van der Waals surface area contributed by atoms with Gasteiger partial charge in [-0.3, -0.25) is 0 Å². The van der Waals surface area contributed by atoms with Crippen molar-refractivity contribution in [2.75, 3.05) is 0 Å². The van der Waals surface area contributed by atoms with E-state index in [1.807, 2.05) is 55.5 Å². The quantitative estimate of drug-likeness (QED) is 0.799. The van der Waals surface area contributed by atoms with Crippen LogP contribution in [0.1, 0.15) is 25.3 Å². The average Bonchev–Trinajstić information content (AvgIpc) is 2.52. The lowest BCUT2D eigenvalue weighted by Gasteiger charge is -2.13. The van der Waals surface area contributed by atoms with Gasteiger partial charge < -0.3 is 9.84 Å². The molecule has 22 heavy (non-hydrogen) atoms. The molecular formula is C18H19ClO3. The van der Waals surface area contributed by atoms with E-state index in [1.165, 1.54) is 0 Å². The zero-order chi connectivity index (χ0) is 15.9. The van der Waals surface area contributed by atoms with Crippen LogP contribution < -0.4 is 0 Å². The monoisotopic (exact) mass is 318 g/mol. The molecule has 0 fully saturated rings. The van der Waals surface area contributed by atoms with Gasteiger partial charge in [0.15, 0.2) is 6.10 Å². The van der Waals surface area contributed by atoms with Crippen molar-refractivity contribution < 1.29 is 14.6 Å². The van der Waals surface area contributed by atoms with Gasteiger partial charge in [-0.1, -0.05) is 61.3 Å². The molecule has 0 aromatic heterocycles. The number of carboxylic acids is 1. The van der Waals surface area contributed by atoms with E-state index in [9.17, 15) is 4.79 Å². The molecule has 0 aliphatic heterocycles. The molecule has 0 aliphatic rings. The van der Waals surface area contributed by atoms with E-state index in [0.717, 1.165) is 23.1 Å². The Morgan fingerprint density at radius 2 is 1.64 bits per heavy atom. The molecule has 4 heteroatoms. The number of carbonyl (C=O) groups is 1. The fourth-order valence-electron chi connectivity index (χ4n) is 2.17. The van der Waals surface area contributed by atoms with Crippen LogP contribution in [0.3, 0.4) is 0 Å². The second-order valence-electron chi connectivity index (χ2n) is 5.13. The molecule has 0 bridgehead atoms. The summed E-state index contributed by atoms with van der Waals surface area (Å²) >= 11 is 5.88. The molecule has 2 rings (SSSR count). The third kappa shape index (κ3) is 4.58. The Morgan fingerprint density at radius 3 is 2.14 bits per heavy atom. The highest BCUT2D eigenvalue weighted by molar-refractivity contribution is 6.30. The number of ether oxygens (including phenoxy) is 1. The number of carboxylic acid groups (broad SMARTS) is 1. The first-order chi connectivity index (χ1) is 10.6. The van der Waals surface area contributed by atoms with Crippen LogP contribution in [0, 0.1) is 0 Å². The molecule has 0 aliphatic carbocycles. The molecule has 0 heterocycles. The Hall–Kier alpha value is -1.84. The van der Waals surface area contributed by atoms with E-state index >= 15 is 0 Å². The highest BCUT2D eigenvalue weighted by Crippen LogP contribution is 2.22. The number of halogens is 1. The predicted octanol–water partition coefficient (Wildman–Crippen LogP) is 4.78. The van der Waals surface area contributed by atoms with Crippen molar-refractivity contribution in [3.63, 3.8) is 0 Å². The smallest absolute Gasteiger partial charge is 0.332 e. The summed E-state index contributed by atoms with van der Waals surface area (Å²) in [6, 6.07) is 15.6. The van der Waals surface area contributed by atoms with Crippen LogP contribution in [0.5, 0.6) is 0 Å². The maximum Gasteiger partial charge on any atom is 0.332 e. The normalized spacial score (nSPS) is 12.1. The van der Waals surface area contributed by atoms with Crippen LogP contribution in [0.2, 0.25) is 5.02 Å². The maximum absolute atomic E-state index is 11.0. The van der Waals surface area contributed by atoms with Gasteiger partial charge in [-0.25, -0.2) is 4.79 Å². The minimum absolute atomic E-state index is 0.303. The third-order valence-corrected chi connectivity index (χ3v) is 3.66. The van der Waals surface area contributed by atoms with E-state index < -0.39 is 12.1 Å². The summed E-state index contributed by atoms with van der Waals surface area (Å²) in [6.45, 7) is 2.25. The van der Waals surface area contributed by atoms with Crippen molar-refractivity contribution in [2.24, 2.45) is 0 Å². The lowest BCUT2D eigenvalue weighted by Crippen LogP contribution is -2.23. The lowest BCUT2D eigenvalue weighted by atomic mass is 10.0. The van der Waals surface area contributed by atoms with Crippen LogP contribution in [-0.4, -0.2) is 17.2 Å². The molecule has 2 aromatic carbocycles. The Balaban J connectivity index is 1.99. The van der Waals surface area contributed by atoms with Crippen LogP contribution in [0.25, 0.3) is 11.1 Å². The minimum Gasteiger partial charge on any atom is -0.479 e. The molecule has 1 N–H and O–H groups in total. The fourth-order valence-corrected chi connectivity index (χ4v) is 2.30. The van der Waals surface area contributed by atoms with Crippen molar-refractivity contribution in [2.45, 2.75) is 32.5 Å². The first-order valence-electron chi connectivity index (χ1n) is 7.29. The molecule has 0 spiro atoms. The van der Waals surface area contributed by atoms with Crippen LogP contribution in [-0.2, 0) is 16.1 Å². The average molecular weight is 319 g/mol. The highest BCUT2D eigenvalue weighted by atomic mass is 35.5. The van der Waals surface area contributed by atoms with Gasteiger partial charge in [0.05, 0.1) is 6.61 Å². The molecule has 2 aromatic rings. The van der Waals surface area contributed by atoms with Gasteiger partial charge in [0, 0.05) is 5.02 Å². The number of aliphatic carboxylic acids is 1. The Bertz CT molecular complexity index is 605. The first kappa shape index (κ1) is 16.5. The SMILES string of the molecule is CCC[C@H](OCc1ccc(-c2ccc(Cl)cc2)cc1)C(=O)O. The second kappa shape index (κ2) is 7.97. The molecule has 0 saturated heterocycles. The topological polar surface area (TPSA) is 46.5 Å². The summed E-state index contributed by atoms with van der Waals surface area (Å²) in [5, 5.41) is 9.77. The van der Waals surface area contributed by atoms with E-state index in [0.29, 0.717) is 18.1 Å². The lowest BCUT2D eigenvalue weighted by molar-refractivity contribution is -0.151. The Labute approximate surface area is 135 Å². The number of rotatable bonds is 7. The summed E-state index contributed by atoms with van der Waals surface area (Å²) in [5.74, 6) is -0.903. The number of hydrogen-bond donors (Lipinski definition) is 1. The van der Waals surface area contributed by atoms with Gasteiger partial charge in [0.1, 0.15) is 0 Å². The van der Waals surface area contributed by atoms with Gasteiger partial charge in [-0.15, -0.1) is 0 Å². The molecule has 0 radical (unpaired) electrons. The van der Waals surface area contributed by atoms with Crippen molar-refractivity contribution >= 4 is 17.6 Å². The van der Waals surface area contributed by atoms with Crippen molar-refractivity contribution in [3.8, 4) is 11.1 Å². The van der Waals surface area contributed by atoms with Crippen molar-refractivity contribution in [3.05, 3.63) is 59.1 Å². The Morgan fingerprint density at radius 1 is 1.09 bits per heavy atom. The van der Waals surface area contributed by atoms with Gasteiger partial charge in [-0.2, -0.15) is 0 Å². The largest absolute Gasteiger partial charge is 0.479 e. The molecule has 3 nitrogen and oxygen atoms in total. The molecular weight excluding hydrogens is 300 g/mol. The molecule has 1 atom stereocenters. The molecule has 0 saturated carbocycles. The summed E-state index contributed by atoms with van der Waals surface area (Å²) in [7, 11) is 0. The van der Waals surface area contributed by atoms with Gasteiger partial charge in [0.25, 0.3) is 0 Å². The van der Waals surface area contributed by atoms with E-state index in [2.05, 4.69) is 0 Å². The first-order valence-corrected chi connectivity index (χ1v) is 7.67. The summed E-state index contributed by atoms with van der Waals surface area (Å²) < 4.78 is 5.47. The van der Waals surface area contributed by atoms with Crippen molar-refractivity contribution in [1.29, 1.82) is 0 Å².